The van der Waals surface area contributed by atoms with E-state index in [1.54, 1.807) is 0 Å². The zero-order valence-corrected chi connectivity index (χ0v) is 20.9. The number of carbonyl (C=O) groups is 2. The van der Waals surface area contributed by atoms with Crippen molar-refractivity contribution in [3.05, 3.63) is 0 Å². The molecule has 34 heavy (non-hydrogen) atoms. The van der Waals surface area contributed by atoms with Crippen LogP contribution in [0.1, 0.15) is 81.1 Å². The highest BCUT2D eigenvalue weighted by Crippen LogP contribution is 2.54. The van der Waals surface area contributed by atoms with E-state index in [0.29, 0.717) is 9.80 Å². The summed E-state index contributed by atoms with van der Waals surface area (Å²) in [6.07, 6.45) is 0.0617. The summed E-state index contributed by atoms with van der Waals surface area (Å²) < 4.78 is 117. The second-order valence-corrected chi connectivity index (χ2v) is 8.75. The molecule has 2 amide bonds. The predicted molar refractivity (Wildman–Crippen MR) is 112 cm³/mol. The van der Waals surface area contributed by atoms with E-state index in [1.165, 1.54) is 55.4 Å². The molecule has 202 valence electrons. The van der Waals surface area contributed by atoms with Crippen LogP contribution in [0.5, 0.6) is 0 Å². The zero-order valence-electron chi connectivity index (χ0n) is 20.9. The van der Waals surface area contributed by atoms with E-state index in [4.69, 9.17) is 0 Å². The summed E-state index contributed by atoms with van der Waals surface area (Å²) in [6.45, 7) is 10.8. The van der Waals surface area contributed by atoms with Crippen molar-refractivity contribution in [1.82, 2.24) is 9.80 Å². The van der Waals surface area contributed by atoms with Gasteiger partial charge in [-0.3, -0.25) is 9.59 Å². The van der Waals surface area contributed by atoms with E-state index in [0.717, 1.165) is 0 Å². The maximum absolute atomic E-state index is 14.7. The van der Waals surface area contributed by atoms with Gasteiger partial charge in [0.2, 0.25) is 0 Å². The third-order valence-electron chi connectivity index (χ3n) is 6.45. The molecule has 0 saturated carbocycles. The predicted octanol–water partition coefficient (Wildman–Crippen LogP) is 6.38. The molecule has 0 saturated heterocycles. The van der Waals surface area contributed by atoms with Crippen molar-refractivity contribution in [1.29, 1.82) is 0 Å². The average Bonchev–Trinajstić information content (AvgIpc) is 2.77. The number of halogens is 8. The van der Waals surface area contributed by atoms with Gasteiger partial charge in [0.05, 0.1) is 0 Å². The number of nitrogens with zero attached hydrogens (tertiary/aromatic N) is 2. The molecule has 0 aliphatic heterocycles. The molecule has 0 spiro atoms. The quantitative estimate of drug-likeness (QED) is 0.269. The van der Waals surface area contributed by atoms with Crippen LogP contribution in [0.15, 0.2) is 0 Å². The van der Waals surface area contributed by atoms with Crippen LogP contribution in [0.3, 0.4) is 0 Å². The average molecular weight is 513 g/mol. The van der Waals surface area contributed by atoms with Crippen LogP contribution in [0.25, 0.3) is 0 Å². The molecule has 0 aromatic rings. The van der Waals surface area contributed by atoms with Gasteiger partial charge in [0.15, 0.2) is 0 Å². The second-order valence-electron chi connectivity index (χ2n) is 8.75. The first-order valence-electron chi connectivity index (χ1n) is 11.4. The molecule has 0 aromatic carbocycles. The maximum atomic E-state index is 14.7. The molecule has 4 atom stereocenters. The van der Waals surface area contributed by atoms with Gasteiger partial charge in [0.1, 0.15) is 0 Å². The van der Waals surface area contributed by atoms with Crippen LogP contribution in [-0.4, -0.2) is 69.5 Å². The van der Waals surface area contributed by atoms with Crippen molar-refractivity contribution >= 4 is 11.8 Å². The highest BCUT2D eigenvalue weighted by Gasteiger charge is 2.85. The third-order valence-corrected chi connectivity index (χ3v) is 6.45. The number of rotatable bonds is 13. The Morgan fingerprint density at radius 3 is 0.853 bits per heavy atom. The fourth-order valence-electron chi connectivity index (χ4n) is 3.44. The molecular weight excluding hydrogens is 476 g/mol. The maximum Gasteiger partial charge on any atom is 0.393 e. The Kier molecular flexibility index (Phi) is 10.9. The molecule has 0 radical (unpaired) electrons. The Bertz CT molecular complexity index is 624. The summed E-state index contributed by atoms with van der Waals surface area (Å²) in [6, 6.07) is -4.25. The summed E-state index contributed by atoms with van der Waals surface area (Å²) in [5.41, 5.74) is 0. The Morgan fingerprint density at radius 1 is 0.529 bits per heavy atom. The molecule has 4 nitrogen and oxygen atoms in total. The first-order chi connectivity index (χ1) is 15.3. The molecule has 0 aliphatic rings. The van der Waals surface area contributed by atoms with Gasteiger partial charge in [-0.25, -0.2) is 0 Å². The van der Waals surface area contributed by atoms with Gasteiger partial charge in [-0.05, 0) is 53.4 Å². The van der Waals surface area contributed by atoms with Gasteiger partial charge < -0.3 is 9.80 Å². The molecule has 4 unspecified atom stereocenters. The Balaban J connectivity index is 6.60. The lowest BCUT2D eigenvalue weighted by Crippen LogP contribution is -2.70. The lowest BCUT2D eigenvalue weighted by Gasteiger charge is -2.42. The molecule has 0 N–H and O–H groups in total. The fraction of sp³-hybridized carbons (Fsp3) is 0.909. The first kappa shape index (κ1) is 32.4. The van der Waals surface area contributed by atoms with Gasteiger partial charge in [-0.1, -0.05) is 27.7 Å². The van der Waals surface area contributed by atoms with Crippen LogP contribution < -0.4 is 0 Å². The summed E-state index contributed by atoms with van der Waals surface area (Å²) in [5.74, 6) is -31.6. The van der Waals surface area contributed by atoms with Crippen molar-refractivity contribution in [2.45, 2.75) is 129 Å². The lowest BCUT2D eigenvalue weighted by atomic mass is 9.94. The van der Waals surface area contributed by atoms with Gasteiger partial charge in [-0.15, -0.1) is 0 Å². The molecule has 0 heterocycles. The lowest BCUT2D eigenvalue weighted by molar-refractivity contribution is -0.351. The van der Waals surface area contributed by atoms with Gasteiger partial charge in [-0.2, -0.15) is 35.1 Å². The third kappa shape index (κ3) is 5.45. The minimum atomic E-state index is -6.87. The molecule has 12 heteroatoms. The van der Waals surface area contributed by atoms with Crippen LogP contribution in [0.2, 0.25) is 0 Å². The van der Waals surface area contributed by atoms with E-state index in [-0.39, 0.29) is 25.7 Å². The summed E-state index contributed by atoms with van der Waals surface area (Å²) in [4.78, 5) is 25.4. The largest absolute Gasteiger partial charge is 0.393 e. The molecule has 0 bridgehead atoms. The van der Waals surface area contributed by atoms with Crippen molar-refractivity contribution < 1.29 is 44.7 Å². The van der Waals surface area contributed by atoms with Crippen molar-refractivity contribution in [3.63, 3.8) is 0 Å². The second kappa shape index (κ2) is 11.4. The highest BCUT2D eigenvalue weighted by molar-refractivity contribution is 5.88. The van der Waals surface area contributed by atoms with Crippen molar-refractivity contribution in [3.8, 4) is 0 Å². The van der Waals surface area contributed by atoms with E-state index in [9.17, 15) is 44.7 Å². The minimum Gasteiger partial charge on any atom is -0.332 e. The zero-order chi connectivity index (χ0) is 27.4. The molecule has 0 rings (SSSR count). The standard InChI is InChI=1S/C22H36F8N2O2/c1-9-13(5)31(14(6)10-2)17(33)19(23,24)21(27,28)22(29,30)20(25,26)18(34)32(15(7)11-3)16(8)12-4/h13-16H,9-12H2,1-8H3. The van der Waals surface area contributed by atoms with E-state index in [2.05, 4.69) is 0 Å². The number of hydrogen-bond acceptors (Lipinski definition) is 2. The number of hydrogen-bond donors (Lipinski definition) is 0. The monoisotopic (exact) mass is 512 g/mol. The Morgan fingerprint density at radius 2 is 0.706 bits per heavy atom. The van der Waals surface area contributed by atoms with Gasteiger partial charge in [0, 0.05) is 24.2 Å². The fourth-order valence-corrected chi connectivity index (χ4v) is 3.44. The van der Waals surface area contributed by atoms with Crippen LogP contribution in [0.4, 0.5) is 35.1 Å². The topological polar surface area (TPSA) is 40.6 Å². The summed E-state index contributed by atoms with van der Waals surface area (Å²) >= 11 is 0. The smallest absolute Gasteiger partial charge is 0.332 e. The van der Waals surface area contributed by atoms with Crippen LogP contribution in [0, 0.1) is 0 Å². The van der Waals surface area contributed by atoms with Gasteiger partial charge in [0.25, 0.3) is 11.8 Å². The Hall–Kier alpha value is -1.62. The number of carbonyl (C=O) groups excluding carboxylic acids is 2. The molecular formula is C22H36F8N2O2. The SMILES string of the molecule is CCC(C)N(C(=O)C(F)(F)C(F)(F)C(F)(F)C(F)(F)C(=O)N(C(C)CC)C(C)CC)C(C)CC. The van der Waals surface area contributed by atoms with Crippen LogP contribution in [-0.2, 0) is 9.59 Å². The Labute approximate surface area is 196 Å². The minimum absolute atomic E-state index is 0.0154. The number of alkyl halides is 8. The number of amides is 2. The molecule has 0 aromatic heterocycles. The summed E-state index contributed by atoms with van der Waals surface area (Å²) in [5, 5.41) is 0. The normalized spacial score (nSPS) is 17.1. The van der Waals surface area contributed by atoms with E-state index < -0.39 is 59.7 Å². The first-order valence-corrected chi connectivity index (χ1v) is 11.4. The van der Waals surface area contributed by atoms with Crippen LogP contribution >= 0.6 is 0 Å². The molecule has 0 aliphatic carbocycles. The van der Waals surface area contributed by atoms with E-state index >= 15 is 0 Å². The van der Waals surface area contributed by atoms with Crippen molar-refractivity contribution in [2.75, 3.05) is 0 Å². The highest BCUT2D eigenvalue weighted by atomic mass is 19.4. The summed E-state index contributed by atoms with van der Waals surface area (Å²) in [7, 11) is 0. The molecule has 0 fully saturated rings. The van der Waals surface area contributed by atoms with Gasteiger partial charge >= 0.3 is 23.7 Å². The van der Waals surface area contributed by atoms with Crippen molar-refractivity contribution in [2.24, 2.45) is 0 Å². The van der Waals surface area contributed by atoms with E-state index in [1.807, 2.05) is 0 Å².